The predicted octanol–water partition coefficient (Wildman–Crippen LogP) is 5.30. The number of carboxylic acid groups (broad SMARTS) is 2. The molecule has 0 spiro atoms. The molecule has 0 aliphatic heterocycles. The van der Waals surface area contributed by atoms with Crippen LogP contribution in [0.25, 0.3) is 21.9 Å². The minimum Gasteiger partial charge on any atom is -0.478 e. The number of fused-ring (bicyclic) bond motifs is 1. The molecule has 4 heteroatoms. The van der Waals surface area contributed by atoms with Crippen LogP contribution in [0.15, 0.2) is 84.9 Å². The summed E-state index contributed by atoms with van der Waals surface area (Å²) in [6, 6.07) is 25.1. The van der Waals surface area contributed by atoms with Crippen molar-refractivity contribution in [2.75, 3.05) is 0 Å². The molecule has 0 unspecified atom stereocenters. The zero-order valence-electron chi connectivity index (χ0n) is 15.8. The Kier molecular flexibility index (Phi) is 5.02. The summed E-state index contributed by atoms with van der Waals surface area (Å²) in [7, 11) is 0. The van der Waals surface area contributed by atoms with Gasteiger partial charge in [0.1, 0.15) is 0 Å². The summed E-state index contributed by atoms with van der Waals surface area (Å²) in [6.07, 6.45) is 0. The molecule has 0 bridgehead atoms. The lowest BCUT2D eigenvalue weighted by atomic mass is 9.96. The normalized spacial score (nSPS) is 10.3. The van der Waals surface area contributed by atoms with Crippen molar-refractivity contribution < 1.29 is 19.8 Å². The van der Waals surface area contributed by atoms with Crippen LogP contribution in [0.5, 0.6) is 0 Å². The molecule has 0 aliphatic rings. The largest absolute Gasteiger partial charge is 0.478 e. The quantitative estimate of drug-likeness (QED) is 0.464. The zero-order chi connectivity index (χ0) is 21.1. The number of carboxylic acids is 2. The number of benzene rings is 4. The Morgan fingerprint density at radius 1 is 0.633 bits per heavy atom. The molecule has 0 radical (unpaired) electrons. The summed E-state index contributed by atoms with van der Waals surface area (Å²) in [4.78, 5) is 22.9. The summed E-state index contributed by atoms with van der Waals surface area (Å²) >= 11 is 0. The van der Waals surface area contributed by atoms with E-state index in [2.05, 4.69) is 11.8 Å². The van der Waals surface area contributed by atoms with E-state index in [-0.39, 0.29) is 11.1 Å². The molecule has 4 aromatic rings. The molecule has 0 fully saturated rings. The molecule has 0 saturated carbocycles. The molecule has 0 saturated heterocycles. The molecule has 0 aliphatic carbocycles. The van der Waals surface area contributed by atoms with E-state index >= 15 is 0 Å². The summed E-state index contributed by atoms with van der Waals surface area (Å²) in [5.41, 5.74) is 2.59. The average molecular weight is 392 g/mol. The molecular weight excluding hydrogens is 376 g/mol. The maximum Gasteiger partial charge on any atom is 0.336 e. The van der Waals surface area contributed by atoms with Gasteiger partial charge in [-0.1, -0.05) is 54.3 Å². The van der Waals surface area contributed by atoms with E-state index in [4.69, 9.17) is 0 Å². The van der Waals surface area contributed by atoms with Crippen molar-refractivity contribution >= 4 is 22.7 Å². The van der Waals surface area contributed by atoms with Crippen LogP contribution in [0.1, 0.15) is 31.8 Å². The van der Waals surface area contributed by atoms with Gasteiger partial charge in [0.05, 0.1) is 11.1 Å². The number of rotatable bonds is 3. The first-order chi connectivity index (χ1) is 14.5. The third-order valence-electron chi connectivity index (χ3n) is 4.77. The lowest BCUT2D eigenvalue weighted by Gasteiger charge is -2.08. The summed E-state index contributed by atoms with van der Waals surface area (Å²) in [5, 5.41) is 21.0. The third-order valence-corrected chi connectivity index (χ3v) is 4.77. The van der Waals surface area contributed by atoms with Gasteiger partial charge in [0, 0.05) is 11.1 Å². The van der Waals surface area contributed by atoms with Crippen molar-refractivity contribution in [1.82, 2.24) is 0 Å². The Bertz CT molecular complexity index is 1360. The zero-order valence-corrected chi connectivity index (χ0v) is 15.8. The highest BCUT2D eigenvalue weighted by Crippen LogP contribution is 2.26. The standard InChI is InChI=1S/C26H16O4/c27-25(28)22-12-13-23(26(29)30)24(16-22)21-7-3-4-17(15-21)8-9-18-10-11-19-5-1-2-6-20(19)14-18/h1-7,10-16H,(H,27,28)(H,29,30). The average Bonchev–Trinajstić information content (AvgIpc) is 2.77. The highest BCUT2D eigenvalue weighted by molar-refractivity contribution is 5.99. The highest BCUT2D eigenvalue weighted by atomic mass is 16.4. The van der Waals surface area contributed by atoms with Gasteiger partial charge in [0.15, 0.2) is 0 Å². The maximum absolute atomic E-state index is 11.6. The molecule has 0 heterocycles. The Hall–Kier alpha value is -4.36. The molecule has 0 amide bonds. The number of hydrogen-bond donors (Lipinski definition) is 2. The van der Waals surface area contributed by atoms with Crippen LogP contribution in [0, 0.1) is 11.8 Å². The second-order valence-electron chi connectivity index (χ2n) is 6.76. The van der Waals surface area contributed by atoms with Gasteiger partial charge in [-0.3, -0.25) is 0 Å². The summed E-state index contributed by atoms with van der Waals surface area (Å²) < 4.78 is 0. The Balaban J connectivity index is 1.73. The Morgan fingerprint density at radius 3 is 2.10 bits per heavy atom. The molecule has 4 rings (SSSR count). The van der Waals surface area contributed by atoms with Crippen LogP contribution < -0.4 is 0 Å². The van der Waals surface area contributed by atoms with Crippen LogP contribution in [-0.2, 0) is 0 Å². The van der Waals surface area contributed by atoms with Crippen molar-refractivity contribution in [3.63, 3.8) is 0 Å². The van der Waals surface area contributed by atoms with Gasteiger partial charge in [-0.05, 0) is 64.4 Å². The Morgan fingerprint density at radius 2 is 1.37 bits per heavy atom. The first-order valence-corrected chi connectivity index (χ1v) is 9.23. The predicted molar refractivity (Wildman–Crippen MR) is 116 cm³/mol. The lowest BCUT2D eigenvalue weighted by molar-refractivity contribution is 0.0682. The SMILES string of the molecule is O=C(O)c1ccc(C(=O)O)c(-c2cccc(C#Cc3ccc4ccccc4c3)c2)c1. The van der Waals surface area contributed by atoms with E-state index in [0.717, 1.165) is 16.3 Å². The molecule has 0 aromatic heterocycles. The van der Waals surface area contributed by atoms with Gasteiger partial charge in [-0.2, -0.15) is 0 Å². The van der Waals surface area contributed by atoms with Crippen LogP contribution in [0.2, 0.25) is 0 Å². The van der Waals surface area contributed by atoms with Crippen molar-refractivity contribution in [2.24, 2.45) is 0 Å². The molecule has 0 atom stereocenters. The minimum absolute atomic E-state index is 0.0302. The van der Waals surface area contributed by atoms with E-state index in [0.29, 0.717) is 16.7 Å². The van der Waals surface area contributed by atoms with E-state index in [1.807, 2.05) is 48.5 Å². The van der Waals surface area contributed by atoms with Crippen LogP contribution >= 0.6 is 0 Å². The van der Waals surface area contributed by atoms with E-state index in [1.165, 1.54) is 18.2 Å². The van der Waals surface area contributed by atoms with Gasteiger partial charge >= 0.3 is 11.9 Å². The van der Waals surface area contributed by atoms with Gasteiger partial charge in [-0.25, -0.2) is 9.59 Å². The second-order valence-corrected chi connectivity index (χ2v) is 6.76. The van der Waals surface area contributed by atoms with Gasteiger partial charge in [0.25, 0.3) is 0 Å². The van der Waals surface area contributed by atoms with Crippen molar-refractivity contribution in [3.8, 4) is 23.0 Å². The van der Waals surface area contributed by atoms with E-state index in [1.54, 1.807) is 18.2 Å². The first kappa shape index (κ1) is 19.0. The number of carbonyl (C=O) groups is 2. The van der Waals surface area contributed by atoms with Crippen molar-refractivity contribution in [1.29, 1.82) is 0 Å². The third kappa shape index (κ3) is 3.91. The van der Waals surface area contributed by atoms with Crippen molar-refractivity contribution in [2.45, 2.75) is 0 Å². The lowest BCUT2D eigenvalue weighted by Crippen LogP contribution is -2.03. The molecule has 30 heavy (non-hydrogen) atoms. The monoisotopic (exact) mass is 392 g/mol. The summed E-state index contributed by atoms with van der Waals surface area (Å²) in [6.45, 7) is 0. The topological polar surface area (TPSA) is 74.6 Å². The van der Waals surface area contributed by atoms with Crippen LogP contribution in [-0.4, -0.2) is 22.2 Å². The van der Waals surface area contributed by atoms with Gasteiger partial charge in [-0.15, -0.1) is 0 Å². The molecular formula is C26H16O4. The number of aromatic carboxylic acids is 2. The maximum atomic E-state index is 11.6. The van der Waals surface area contributed by atoms with E-state index in [9.17, 15) is 19.8 Å². The van der Waals surface area contributed by atoms with Crippen molar-refractivity contribution in [3.05, 3.63) is 107 Å². The second kappa shape index (κ2) is 7.94. The van der Waals surface area contributed by atoms with Crippen LogP contribution in [0.3, 0.4) is 0 Å². The Labute approximate surface area is 173 Å². The summed E-state index contributed by atoms with van der Waals surface area (Å²) in [5.74, 6) is 4.02. The first-order valence-electron chi connectivity index (χ1n) is 9.23. The fourth-order valence-electron chi connectivity index (χ4n) is 3.28. The molecule has 4 aromatic carbocycles. The van der Waals surface area contributed by atoms with Crippen LogP contribution in [0.4, 0.5) is 0 Å². The van der Waals surface area contributed by atoms with E-state index < -0.39 is 11.9 Å². The molecule has 144 valence electrons. The van der Waals surface area contributed by atoms with Gasteiger partial charge < -0.3 is 10.2 Å². The fourth-order valence-corrected chi connectivity index (χ4v) is 3.28. The minimum atomic E-state index is -1.12. The number of hydrogen-bond acceptors (Lipinski definition) is 2. The fraction of sp³-hybridized carbons (Fsp3) is 0. The molecule has 2 N–H and O–H groups in total. The highest BCUT2D eigenvalue weighted by Gasteiger charge is 2.15. The smallest absolute Gasteiger partial charge is 0.336 e. The van der Waals surface area contributed by atoms with Gasteiger partial charge in [0.2, 0.25) is 0 Å². The molecule has 4 nitrogen and oxygen atoms in total.